The molecule has 0 saturated carbocycles. The number of sulfone groups is 1. The van der Waals surface area contributed by atoms with Gasteiger partial charge in [0, 0.05) is 15.7 Å². The molecule has 0 aliphatic heterocycles. The van der Waals surface area contributed by atoms with Gasteiger partial charge in [-0.15, -0.1) is 0 Å². The summed E-state index contributed by atoms with van der Waals surface area (Å²) in [6.07, 6.45) is 1.23. The summed E-state index contributed by atoms with van der Waals surface area (Å²) in [6.45, 7) is 0. The zero-order valence-corrected chi connectivity index (χ0v) is 16.3. The van der Waals surface area contributed by atoms with Crippen LogP contribution in [0, 0.1) is 0 Å². The summed E-state index contributed by atoms with van der Waals surface area (Å²) in [4.78, 5) is 16.3. The Kier molecular flexibility index (Phi) is 5.41. The number of carbonyl (C=O) groups excluding carboxylic acids is 1. The largest absolute Gasteiger partial charge is 0.321 e. The molecular formula is C18H12BrClN2O3S. The second-order valence-electron chi connectivity index (χ2n) is 5.28. The molecule has 3 aromatic rings. The van der Waals surface area contributed by atoms with Crippen LogP contribution in [-0.4, -0.2) is 19.3 Å². The fraction of sp³-hybridized carbons (Fsp3) is 0. The molecule has 0 aliphatic carbocycles. The molecule has 0 radical (unpaired) electrons. The number of nitrogens with one attached hydrogen (secondary N) is 1. The summed E-state index contributed by atoms with van der Waals surface area (Å²) in [5.41, 5.74) is 0.853. The summed E-state index contributed by atoms with van der Waals surface area (Å²) in [6, 6.07) is 15.7. The van der Waals surface area contributed by atoms with Crippen molar-refractivity contribution in [2.45, 2.75) is 9.92 Å². The van der Waals surface area contributed by atoms with Crippen molar-refractivity contribution in [2.24, 2.45) is 0 Å². The number of rotatable bonds is 4. The topological polar surface area (TPSA) is 76.1 Å². The van der Waals surface area contributed by atoms with E-state index in [0.29, 0.717) is 10.7 Å². The Morgan fingerprint density at radius 2 is 1.69 bits per heavy atom. The molecule has 8 heteroatoms. The van der Waals surface area contributed by atoms with Gasteiger partial charge in [-0.3, -0.25) is 4.79 Å². The number of hydrogen-bond acceptors (Lipinski definition) is 4. The lowest BCUT2D eigenvalue weighted by Gasteiger charge is -2.08. The van der Waals surface area contributed by atoms with Gasteiger partial charge in [-0.1, -0.05) is 23.7 Å². The highest BCUT2D eigenvalue weighted by Crippen LogP contribution is 2.23. The van der Waals surface area contributed by atoms with Crippen LogP contribution in [0.1, 0.15) is 10.4 Å². The number of aromatic nitrogens is 1. The number of anilines is 1. The van der Waals surface area contributed by atoms with Crippen molar-refractivity contribution in [3.05, 3.63) is 81.9 Å². The minimum absolute atomic E-state index is 0.0832. The summed E-state index contributed by atoms with van der Waals surface area (Å²) in [7, 11) is -3.77. The van der Waals surface area contributed by atoms with Gasteiger partial charge in [0.15, 0.2) is 5.03 Å². The number of benzene rings is 2. The quantitative estimate of drug-likeness (QED) is 0.630. The second kappa shape index (κ2) is 7.57. The molecule has 0 aliphatic rings. The lowest BCUT2D eigenvalue weighted by atomic mass is 10.2. The van der Waals surface area contributed by atoms with E-state index in [9.17, 15) is 13.2 Å². The molecule has 3 rings (SSSR count). The third-order valence-corrected chi connectivity index (χ3v) is 6.15. The van der Waals surface area contributed by atoms with Gasteiger partial charge in [-0.2, -0.15) is 0 Å². The predicted molar refractivity (Wildman–Crippen MR) is 103 cm³/mol. The molecule has 0 spiro atoms. The first-order valence-corrected chi connectivity index (χ1v) is 10.1. The fourth-order valence-electron chi connectivity index (χ4n) is 2.17. The van der Waals surface area contributed by atoms with Crippen LogP contribution in [0.3, 0.4) is 0 Å². The van der Waals surface area contributed by atoms with E-state index in [0.717, 1.165) is 4.47 Å². The lowest BCUT2D eigenvalue weighted by molar-refractivity contribution is 0.102. The Hall–Kier alpha value is -2.22. The van der Waals surface area contributed by atoms with Crippen LogP contribution in [0.5, 0.6) is 0 Å². The third-order valence-electron chi connectivity index (χ3n) is 3.52. The number of pyridine rings is 1. The molecule has 0 bridgehead atoms. The van der Waals surface area contributed by atoms with Crippen LogP contribution in [0.25, 0.3) is 0 Å². The van der Waals surface area contributed by atoms with Crippen LogP contribution in [-0.2, 0) is 9.84 Å². The summed E-state index contributed by atoms with van der Waals surface area (Å²) >= 11 is 9.13. The second-order valence-corrected chi connectivity index (χ2v) is 8.46. The Morgan fingerprint density at radius 3 is 2.31 bits per heavy atom. The van der Waals surface area contributed by atoms with E-state index in [1.54, 1.807) is 18.2 Å². The van der Waals surface area contributed by atoms with Gasteiger partial charge in [0.25, 0.3) is 5.91 Å². The SMILES string of the molecule is O=C(Nc1ccccc1Br)c1ccc(S(=O)(=O)c2ccc(Cl)cc2)nc1. The van der Waals surface area contributed by atoms with Crippen LogP contribution >= 0.6 is 27.5 Å². The van der Waals surface area contributed by atoms with Gasteiger partial charge in [0.2, 0.25) is 9.84 Å². The minimum Gasteiger partial charge on any atom is -0.321 e. The summed E-state index contributed by atoms with van der Waals surface area (Å²) in [5.74, 6) is -0.389. The fourth-order valence-corrected chi connectivity index (χ4v) is 3.85. The maximum atomic E-state index is 12.5. The number of nitrogens with zero attached hydrogens (tertiary/aromatic N) is 1. The van der Waals surface area contributed by atoms with Crippen molar-refractivity contribution >= 4 is 49.0 Å². The van der Waals surface area contributed by atoms with E-state index in [1.165, 1.54) is 42.6 Å². The number of hydrogen-bond donors (Lipinski definition) is 1. The highest BCUT2D eigenvalue weighted by Gasteiger charge is 2.20. The van der Waals surface area contributed by atoms with E-state index in [1.807, 2.05) is 6.07 Å². The summed E-state index contributed by atoms with van der Waals surface area (Å²) < 4.78 is 25.8. The maximum absolute atomic E-state index is 12.5. The molecule has 1 amide bonds. The van der Waals surface area contributed by atoms with Crippen LogP contribution in [0.4, 0.5) is 5.69 Å². The minimum atomic E-state index is -3.77. The zero-order chi connectivity index (χ0) is 18.7. The average molecular weight is 452 g/mol. The monoisotopic (exact) mass is 450 g/mol. The number of para-hydroxylation sites is 1. The van der Waals surface area contributed by atoms with Crippen LogP contribution < -0.4 is 5.32 Å². The van der Waals surface area contributed by atoms with Crippen LogP contribution in [0.15, 0.2) is 81.3 Å². The van der Waals surface area contributed by atoms with E-state index in [-0.39, 0.29) is 21.4 Å². The van der Waals surface area contributed by atoms with Gasteiger partial charge >= 0.3 is 0 Å². The molecule has 0 saturated heterocycles. The molecule has 0 fully saturated rings. The molecule has 26 heavy (non-hydrogen) atoms. The van der Waals surface area contributed by atoms with Gasteiger partial charge in [0.05, 0.1) is 16.1 Å². The third kappa shape index (κ3) is 3.95. The van der Waals surface area contributed by atoms with E-state index >= 15 is 0 Å². The van der Waals surface area contributed by atoms with Crippen molar-refractivity contribution in [1.29, 1.82) is 0 Å². The molecular weight excluding hydrogens is 440 g/mol. The van der Waals surface area contributed by atoms with Crippen molar-refractivity contribution < 1.29 is 13.2 Å². The smallest absolute Gasteiger partial charge is 0.257 e. The normalized spacial score (nSPS) is 11.2. The number of carbonyl (C=O) groups is 1. The van der Waals surface area contributed by atoms with E-state index < -0.39 is 9.84 Å². The first kappa shape index (κ1) is 18.6. The Labute approximate surface area is 164 Å². The molecule has 0 atom stereocenters. The molecule has 1 heterocycles. The standard InChI is InChI=1S/C18H12BrClN2O3S/c19-15-3-1-2-4-16(15)22-18(23)12-5-10-17(21-11-12)26(24,25)14-8-6-13(20)7-9-14/h1-11H,(H,22,23). The zero-order valence-electron chi connectivity index (χ0n) is 13.2. The highest BCUT2D eigenvalue weighted by molar-refractivity contribution is 9.10. The van der Waals surface area contributed by atoms with E-state index in [4.69, 9.17) is 11.6 Å². The Bertz CT molecular complexity index is 1050. The van der Waals surface area contributed by atoms with Gasteiger partial charge in [-0.05, 0) is 64.5 Å². The van der Waals surface area contributed by atoms with Gasteiger partial charge < -0.3 is 5.32 Å². The lowest BCUT2D eigenvalue weighted by Crippen LogP contribution is -2.13. The molecule has 1 N–H and O–H groups in total. The molecule has 132 valence electrons. The van der Waals surface area contributed by atoms with Gasteiger partial charge in [0.1, 0.15) is 0 Å². The molecule has 0 unspecified atom stereocenters. The van der Waals surface area contributed by atoms with Crippen molar-refractivity contribution in [2.75, 3.05) is 5.32 Å². The van der Waals surface area contributed by atoms with Crippen molar-refractivity contribution in [3.63, 3.8) is 0 Å². The first-order chi connectivity index (χ1) is 12.4. The predicted octanol–water partition coefficient (Wildman–Crippen LogP) is 4.58. The first-order valence-electron chi connectivity index (χ1n) is 7.40. The molecule has 1 aromatic heterocycles. The molecule has 2 aromatic carbocycles. The Balaban J connectivity index is 1.83. The number of halogens is 2. The molecule has 5 nitrogen and oxygen atoms in total. The average Bonchev–Trinajstić information content (AvgIpc) is 2.64. The van der Waals surface area contributed by atoms with Crippen molar-refractivity contribution in [3.8, 4) is 0 Å². The Morgan fingerprint density at radius 1 is 1.00 bits per heavy atom. The highest BCUT2D eigenvalue weighted by atomic mass is 79.9. The summed E-state index contributed by atoms with van der Waals surface area (Å²) in [5, 5.41) is 3.03. The maximum Gasteiger partial charge on any atom is 0.257 e. The van der Waals surface area contributed by atoms with Crippen molar-refractivity contribution in [1.82, 2.24) is 4.98 Å². The number of amides is 1. The van der Waals surface area contributed by atoms with E-state index in [2.05, 4.69) is 26.2 Å². The van der Waals surface area contributed by atoms with Crippen LogP contribution in [0.2, 0.25) is 5.02 Å². The van der Waals surface area contributed by atoms with Gasteiger partial charge in [-0.25, -0.2) is 13.4 Å².